The van der Waals surface area contributed by atoms with E-state index in [0.717, 1.165) is 11.4 Å². The van der Waals surface area contributed by atoms with Crippen molar-refractivity contribution in [2.75, 3.05) is 38.2 Å². The van der Waals surface area contributed by atoms with E-state index in [4.69, 9.17) is 21.6 Å². The van der Waals surface area contributed by atoms with Crippen LogP contribution in [-0.4, -0.2) is 49.1 Å². The third kappa shape index (κ3) is 3.96. The fourth-order valence-electron chi connectivity index (χ4n) is 3.12. The minimum Gasteiger partial charge on any atom is -0.468 e. The standard InChI is InChI=1S/C19H19ClN4O2/c1-26-19(25)18(14-5-7-15(20)8-6-14)24-11-9-23(10-12-24)17-4-2-3-16(13-21)22-17/h2-8,18H,9-12H2,1H3. The molecule has 1 unspecified atom stereocenters. The van der Waals surface area contributed by atoms with Gasteiger partial charge in [-0.25, -0.2) is 9.78 Å². The molecule has 0 saturated carbocycles. The van der Waals surface area contributed by atoms with Crippen molar-refractivity contribution < 1.29 is 9.53 Å². The number of nitrogens with zero attached hydrogens (tertiary/aromatic N) is 4. The largest absolute Gasteiger partial charge is 0.468 e. The number of anilines is 1. The first-order chi connectivity index (χ1) is 12.6. The summed E-state index contributed by atoms with van der Waals surface area (Å²) in [4.78, 5) is 20.9. The number of ether oxygens (including phenoxy) is 1. The average molecular weight is 371 g/mol. The normalized spacial score (nSPS) is 16.0. The first-order valence-corrected chi connectivity index (χ1v) is 8.69. The number of aromatic nitrogens is 1. The number of esters is 1. The quantitative estimate of drug-likeness (QED) is 0.770. The lowest BCUT2D eigenvalue weighted by molar-refractivity contribution is -0.147. The van der Waals surface area contributed by atoms with Crippen molar-refractivity contribution in [2.45, 2.75) is 6.04 Å². The summed E-state index contributed by atoms with van der Waals surface area (Å²) in [6.45, 7) is 2.79. The van der Waals surface area contributed by atoms with Crippen molar-refractivity contribution in [3.63, 3.8) is 0 Å². The molecule has 1 aromatic carbocycles. The maximum atomic E-state index is 12.4. The third-order valence-corrected chi connectivity index (χ3v) is 4.71. The van der Waals surface area contributed by atoms with Crippen molar-refractivity contribution in [1.29, 1.82) is 5.26 Å². The zero-order chi connectivity index (χ0) is 18.5. The van der Waals surface area contributed by atoms with E-state index in [9.17, 15) is 4.79 Å². The molecule has 1 fully saturated rings. The molecular formula is C19H19ClN4O2. The summed E-state index contributed by atoms with van der Waals surface area (Å²) in [5.74, 6) is 0.496. The van der Waals surface area contributed by atoms with Crippen LogP contribution in [0.1, 0.15) is 17.3 Å². The lowest BCUT2D eigenvalue weighted by Crippen LogP contribution is -2.49. The van der Waals surface area contributed by atoms with Crippen LogP contribution in [0.25, 0.3) is 0 Å². The predicted octanol–water partition coefficient (Wildman–Crippen LogP) is 2.64. The van der Waals surface area contributed by atoms with Crippen molar-refractivity contribution in [1.82, 2.24) is 9.88 Å². The van der Waals surface area contributed by atoms with Crippen LogP contribution < -0.4 is 4.90 Å². The van der Waals surface area contributed by atoms with Crippen LogP contribution in [0, 0.1) is 11.3 Å². The van der Waals surface area contributed by atoms with E-state index < -0.39 is 6.04 Å². The Morgan fingerprint density at radius 1 is 1.19 bits per heavy atom. The Kier molecular flexibility index (Phi) is 5.71. The molecule has 26 heavy (non-hydrogen) atoms. The highest BCUT2D eigenvalue weighted by atomic mass is 35.5. The molecule has 6 nitrogen and oxygen atoms in total. The number of methoxy groups -OCH3 is 1. The first kappa shape index (κ1) is 18.2. The maximum Gasteiger partial charge on any atom is 0.327 e. The third-order valence-electron chi connectivity index (χ3n) is 4.46. The molecule has 0 N–H and O–H groups in total. The van der Waals surface area contributed by atoms with Gasteiger partial charge in [0.15, 0.2) is 0 Å². The molecule has 1 aliphatic heterocycles. The van der Waals surface area contributed by atoms with E-state index in [1.165, 1.54) is 7.11 Å². The summed E-state index contributed by atoms with van der Waals surface area (Å²) in [5, 5.41) is 9.64. The molecule has 2 heterocycles. The maximum absolute atomic E-state index is 12.4. The highest BCUT2D eigenvalue weighted by Gasteiger charge is 2.31. The average Bonchev–Trinajstić information content (AvgIpc) is 2.70. The van der Waals surface area contributed by atoms with E-state index in [2.05, 4.69) is 20.9 Å². The van der Waals surface area contributed by atoms with E-state index in [0.29, 0.717) is 36.9 Å². The van der Waals surface area contributed by atoms with Crippen LogP contribution >= 0.6 is 11.6 Å². The number of carbonyl (C=O) groups is 1. The number of hydrogen-bond acceptors (Lipinski definition) is 6. The van der Waals surface area contributed by atoms with Crippen LogP contribution in [0.5, 0.6) is 0 Å². The summed E-state index contributed by atoms with van der Waals surface area (Å²) in [6.07, 6.45) is 0. The van der Waals surface area contributed by atoms with Gasteiger partial charge in [0.2, 0.25) is 0 Å². The number of pyridine rings is 1. The van der Waals surface area contributed by atoms with Crippen molar-refractivity contribution >= 4 is 23.4 Å². The highest BCUT2D eigenvalue weighted by Crippen LogP contribution is 2.26. The zero-order valence-electron chi connectivity index (χ0n) is 14.4. The number of piperazine rings is 1. The van der Waals surface area contributed by atoms with Gasteiger partial charge in [0.05, 0.1) is 7.11 Å². The molecular weight excluding hydrogens is 352 g/mol. The molecule has 7 heteroatoms. The van der Waals surface area contributed by atoms with Gasteiger partial charge in [-0.15, -0.1) is 0 Å². The van der Waals surface area contributed by atoms with Gasteiger partial charge >= 0.3 is 5.97 Å². The minimum absolute atomic E-state index is 0.287. The lowest BCUT2D eigenvalue weighted by Gasteiger charge is -2.38. The summed E-state index contributed by atoms with van der Waals surface area (Å²) in [5.41, 5.74) is 1.26. The Labute approximate surface area is 157 Å². The molecule has 0 aliphatic carbocycles. The van der Waals surface area contributed by atoms with Crippen molar-refractivity contribution in [2.24, 2.45) is 0 Å². The molecule has 1 atom stereocenters. The van der Waals surface area contributed by atoms with Gasteiger partial charge in [-0.3, -0.25) is 4.90 Å². The number of carbonyl (C=O) groups excluding carboxylic acids is 1. The number of hydrogen-bond donors (Lipinski definition) is 0. The van der Waals surface area contributed by atoms with Gasteiger partial charge in [0, 0.05) is 31.2 Å². The number of nitriles is 1. The molecule has 134 valence electrons. The lowest BCUT2D eigenvalue weighted by atomic mass is 10.0. The fraction of sp³-hybridized carbons (Fsp3) is 0.316. The van der Waals surface area contributed by atoms with E-state index in [1.807, 2.05) is 24.3 Å². The van der Waals surface area contributed by atoms with Crippen LogP contribution in [0.4, 0.5) is 5.82 Å². The van der Waals surface area contributed by atoms with Crippen molar-refractivity contribution in [3.8, 4) is 6.07 Å². The molecule has 1 aliphatic rings. The van der Waals surface area contributed by atoms with Crippen LogP contribution in [0.2, 0.25) is 5.02 Å². The van der Waals surface area contributed by atoms with Crippen molar-refractivity contribution in [3.05, 3.63) is 58.7 Å². The number of rotatable bonds is 4. The fourth-order valence-corrected chi connectivity index (χ4v) is 3.25. The molecule has 3 rings (SSSR count). The van der Waals surface area contributed by atoms with Gasteiger partial charge in [0.25, 0.3) is 0 Å². The van der Waals surface area contributed by atoms with Gasteiger partial charge in [-0.05, 0) is 29.8 Å². The van der Waals surface area contributed by atoms with E-state index in [1.54, 1.807) is 18.2 Å². The van der Waals surface area contributed by atoms with Crippen LogP contribution in [0.15, 0.2) is 42.5 Å². The van der Waals surface area contributed by atoms with E-state index >= 15 is 0 Å². The molecule has 0 spiro atoms. The second kappa shape index (κ2) is 8.17. The molecule has 1 aromatic heterocycles. The predicted molar refractivity (Wildman–Crippen MR) is 98.9 cm³/mol. The SMILES string of the molecule is COC(=O)C(c1ccc(Cl)cc1)N1CCN(c2cccc(C#N)n2)CC1. The van der Waals surface area contributed by atoms with Gasteiger partial charge in [0.1, 0.15) is 23.6 Å². The van der Waals surface area contributed by atoms with Gasteiger partial charge in [-0.2, -0.15) is 5.26 Å². The molecule has 0 radical (unpaired) electrons. The Hall–Kier alpha value is -2.62. The van der Waals surface area contributed by atoms with Crippen LogP contribution in [0.3, 0.4) is 0 Å². The Morgan fingerprint density at radius 2 is 1.88 bits per heavy atom. The Morgan fingerprint density at radius 3 is 2.50 bits per heavy atom. The molecule has 0 bridgehead atoms. The first-order valence-electron chi connectivity index (χ1n) is 8.32. The summed E-state index contributed by atoms with van der Waals surface area (Å²) < 4.78 is 5.02. The second-order valence-corrected chi connectivity index (χ2v) is 6.43. The number of benzene rings is 1. The molecule has 1 saturated heterocycles. The Bertz CT molecular complexity index is 811. The zero-order valence-corrected chi connectivity index (χ0v) is 15.2. The number of halogens is 1. The minimum atomic E-state index is -0.460. The van der Waals surface area contributed by atoms with Gasteiger partial charge in [-0.1, -0.05) is 29.8 Å². The molecule has 0 amide bonds. The summed E-state index contributed by atoms with van der Waals surface area (Å²) in [6, 6.07) is 14.3. The topological polar surface area (TPSA) is 69.5 Å². The molecule has 2 aromatic rings. The smallest absolute Gasteiger partial charge is 0.327 e. The highest BCUT2D eigenvalue weighted by molar-refractivity contribution is 6.30. The van der Waals surface area contributed by atoms with Crippen LogP contribution in [-0.2, 0) is 9.53 Å². The second-order valence-electron chi connectivity index (χ2n) is 5.99. The van der Waals surface area contributed by atoms with Gasteiger partial charge < -0.3 is 9.64 Å². The monoisotopic (exact) mass is 370 g/mol. The summed E-state index contributed by atoms with van der Waals surface area (Å²) in [7, 11) is 1.40. The van der Waals surface area contributed by atoms with E-state index in [-0.39, 0.29) is 5.97 Å². The Balaban J connectivity index is 1.74. The summed E-state index contributed by atoms with van der Waals surface area (Å²) >= 11 is 5.96.